The number of aromatic nitrogens is 2. The van der Waals surface area contributed by atoms with Crippen LogP contribution < -0.4 is 15.6 Å². The number of ether oxygens (including phenoxy) is 1. The maximum absolute atomic E-state index is 12.2. The van der Waals surface area contributed by atoms with Crippen molar-refractivity contribution in [2.45, 2.75) is 19.9 Å². The van der Waals surface area contributed by atoms with Gasteiger partial charge in [-0.25, -0.2) is 4.68 Å². The van der Waals surface area contributed by atoms with Gasteiger partial charge in [0, 0.05) is 12.6 Å². The molecule has 1 amide bonds. The Balaban J connectivity index is 2.24. The second kappa shape index (κ2) is 6.69. The Hall–Kier alpha value is -2.63. The molecule has 0 saturated carbocycles. The number of hydrogen-bond donors (Lipinski definition) is 1. The summed E-state index contributed by atoms with van der Waals surface area (Å²) in [5, 5.41) is 6.79. The van der Waals surface area contributed by atoms with Crippen molar-refractivity contribution in [2.24, 2.45) is 0 Å². The lowest BCUT2D eigenvalue weighted by Crippen LogP contribution is -2.26. The van der Waals surface area contributed by atoms with Crippen molar-refractivity contribution >= 4 is 11.6 Å². The van der Waals surface area contributed by atoms with Gasteiger partial charge < -0.3 is 10.1 Å². The molecule has 1 heterocycles. The Labute approximate surface area is 122 Å². The summed E-state index contributed by atoms with van der Waals surface area (Å²) in [6, 6.07) is 9.86. The van der Waals surface area contributed by atoms with E-state index in [-0.39, 0.29) is 17.2 Å². The molecular formula is C15H17N3O3. The van der Waals surface area contributed by atoms with Crippen LogP contribution in [0.2, 0.25) is 0 Å². The van der Waals surface area contributed by atoms with Gasteiger partial charge >= 0.3 is 0 Å². The highest BCUT2D eigenvalue weighted by Crippen LogP contribution is 2.23. The average molecular weight is 287 g/mol. The molecule has 0 unspecified atom stereocenters. The zero-order chi connectivity index (χ0) is 15.2. The van der Waals surface area contributed by atoms with Crippen LogP contribution in [0, 0.1) is 0 Å². The third-order valence-electron chi connectivity index (χ3n) is 2.89. The van der Waals surface area contributed by atoms with E-state index in [0.29, 0.717) is 18.0 Å². The van der Waals surface area contributed by atoms with E-state index in [0.717, 1.165) is 6.42 Å². The number of carbonyl (C=O) groups excluding carboxylic acids is 1. The fourth-order valence-corrected chi connectivity index (χ4v) is 1.88. The first kappa shape index (κ1) is 14.8. The number of methoxy groups -OCH3 is 1. The second-order valence-corrected chi connectivity index (χ2v) is 4.43. The van der Waals surface area contributed by atoms with Crippen molar-refractivity contribution in [3.05, 3.63) is 52.4 Å². The van der Waals surface area contributed by atoms with Crippen LogP contribution in [0.1, 0.15) is 23.8 Å². The van der Waals surface area contributed by atoms with Crippen LogP contribution in [-0.2, 0) is 6.54 Å². The van der Waals surface area contributed by atoms with Crippen molar-refractivity contribution in [1.82, 2.24) is 9.78 Å². The Morgan fingerprint density at radius 2 is 2.05 bits per heavy atom. The van der Waals surface area contributed by atoms with Gasteiger partial charge in [-0.05, 0) is 24.6 Å². The minimum atomic E-state index is -0.385. The third kappa shape index (κ3) is 3.47. The molecular weight excluding hydrogens is 270 g/mol. The van der Waals surface area contributed by atoms with Gasteiger partial charge in [0.15, 0.2) is 0 Å². The van der Waals surface area contributed by atoms with Crippen LogP contribution in [0.3, 0.4) is 0 Å². The van der Waals surface area contributed by atoms with E-state index in [4.69, 9.17) is 4.74 Å². The van der Waals surface area contributed by atoms with Crippen LogP contribution in [0.5, 0.6) is 5.75 Å². The van der Waals surface area contributed by atoms with Crippen LogP contribution in [0.25, 0.3) is 0 Å². The van der Waals surface area contributed by atoms with E-state index in [9.17, 15) is 9.59 Å². The zero-order valence-electron chi connectivity index (χ0n) is 12.0. The Morgan fingerprint density at radius 3 is 2.76 bits per heavy atom. The number of nitrogens with one attached hydrogen (secondary N) is 1. The summed E-state index contributed by atoms with van der Waals surface area (Å²) in [4.78, 5) is 23.8. The number of aryl methyl sites for hydroxylation is 1. The molecule has 6 nitrogen and oxygen atoms in total. The molecule has 0 fully saturated rings. The number of rotatable bonds is 5. The van der Waals surface area contributed by atoms with Crippen molar-refractivity contribution in [3.8, 4) is 5.75 Å². The highest BCUT2D eigenvalue weighted by molar-refractivity contribution is 6.03. The molecule has 1 aromatic heterocycles. The van der Waals surface area contributed by atoms with Gasteiger partial charge in [0.1, 0.15) is 11.4 Å². The molecule has 0 spiro atoms. The lowest BCUT2D eigenvalue weighted by molar-refractivity contribution is 0.101. The first-order valence-electron chi connectivity index (χ1n) is 6.68. The molecule has 110 valence electrons. The van der Waals surface area contributed by atoms with E-state index < -0.39 is 0 Å². The summed E-state index contributed by atoms with van der Waals surface area (Å²) >= 11 is 0. The predicted molar refractivity (Wildman–Crippen MR) is 79.7 cm³/mol. The molecule has 2 aromatic rings. The van der Waals surface area contributed by atoms with Crippen LogP contribution in [-0.4, -0.2) is 22.8 Å². The van der Waals surface area contributed by atoms with Crippen LogP contribution >= 0.6 is 0 Å². The van der Waals surface area contributed by atoms with E-state index in [2.05, 4.69) is 10.4 Å². The summed E-state index contributed by atoms with van der Waals surface area (Å²) in [6.45, 7) is 2.42. The van der Waals surface area contributed by atoms with Crippen molar-refractivity contribution in [2.75, 3.05) is 12.4 Å². The molecule has 0 aliphatic heterocycles. The largest absolute Gasteiger partial charge is 0.495 e. The number of carbonyl (C=O) groups is 1. The van der Waals surface area contributed by atoms with Crippen LogP contribution in [0.15, 0.2) is 41.2 Å². The van der Waals surface area contributed by atoms with Crippen LogP contribution in [0.4, 0.5) is 5.69 Å². The fraction of sp³-hybridized carbons (Fsp3) is 0.267. The summed E-state index contributed by atoms with van der Waals surface area (Å²) < 4.78 is 6.46. The van der Waals surface area contributed by atoms with Crippen molar-refractivity contribution in [1.29, 1.82) is 0 Å². The maximum Gasteiger partial charge on any atom is 0.276 e. The summed E-state index contributed by atoms with van der Waals surface area (Å²) in [6.07, 6.45) is 0.768. The summed E-state index contributed by atoms with van der Waals surface area (Å²) in [5.41, 5.74) is 0.527. The van der Waals surface area contributed by atoms with Gasteiger partial charge in [-0.3, -0.25) is 9.59 Å². The van der Waals surface area contributed by atoms with E-state index in [1.54, 1.807) is 18.2 Å². The molecule has 2 rings (SSSR count). The Morgan fingerprint density at radius 1 is 1.29 bits per heavy atom. The molecule has 0 aliphatic carbocycles. The number of anilines is 1. The van der Waals surface area contributed by atoms with Gasteiger partial charge in [-0.1, -0.05) is 19.1 Å². The van der Waals surface area contributed by atoms with Gasteiger partial charge in [-0.15, -0.1) is 0 Å². The molecule has 0 bridgehead atoms. The fourth-order valence-electron chi connectivity index (χ4n) is 1.88. The Kier molecular flexibility index (Phi) is 4.71. The first-order chi connectivity index (χ1) is 10.2. The quantitative estimate of drug-likeness (QED) is 0.911. The number of hydrogen-bond acceptors (Lipinski definition) is 4. The van der Waals surface area contributed by atoms with Crippen molar-refractivity contribution < 1.29 is 9.53 Å². The number of amides is 1. The topological polar surface area (TPSA) is 73.2 Å². The van der Waals surface area contributed by atoms with Crippen molar-refractivity contribution in [3.63, 3.8) is 0 Å². The lowest BCUT2D eigenvalue weighted by Gasteiger charge is -2.10. The van der Waals surface area contributed by atoms with Gasteiger partial charge in [0.05, 0.1) is 12.8 Å². The number of benzene rings is 1. The minimum absolute atomic E-state index is 0.189. The molecule has 0 atom stereocenters. The third-order valence-corrected chi connectivity index (χ3v) is 2.89. The summed E-state index contributed by atoms with van der Waals surface area (Å²) in [5.74, 6) is 0.178. The molecule has 6 heteroatoms. The lowest BCUT2D eigenvalue weighted by atomic mass is 10.2. The second-order valence-electron chi connectivity index (χ2n) is 4.43. The first-order valence-corrected chi connectivity index (χ1v) is 6.68. The van der Waals surface area contributed by atoms with E-state index in [1.807, 2.05) is 13.0 Å². The normalized spacial score (nSPS) is 10.2. The predicted octanol–water partition coefficient (Wildman–Crippen LogP) is 1.91. The SMILES string of the molecule is CCCn1nc(C(=O)Nc2ccccc2OC)ccc1=O. The summed E-state index contributed by atoms with van der Waals surface area (Å²) in [7, 11) is 1.53. The molecule has 0 aliphatic rings. The monoisotopic (exact) mass is 287 g/mol. The van der Waals surface area contributed by atoms with Gasteiger partial charge in [0.2, 0.25) is 0 Å². The molecule has 21 heavy (non-hydrogen) atoms. The zero-order valence-corrected chi connectivity index (χ0v) is 12.0. The number of para-hydroxylation sites is 2. The minimum Gasteiger partial charge on any atom is -0.495 e. The van der Waals surface area contributed by atoms with Gasteiger partial charge in [0.25, 0.3) is 11.5 Å². The molecule has 1 N–H and O–H groups in total. The van der Waals surface area contributed by atoms with E-state index >= 15 is 0 Å². The average Bonchev–Trinajstić information content (AvgIpc) is 2.50. The van der Waals surface area contributed by atoms with E-state index in [1.165, 1.54) is 23.9 Å². The molecule has 0 saturated heterocycles. The standard InChI is InChI=1S/C15H17N3O3/c1-3-10-18-14(19)9-8-12(17-18)15(20)16-11-6-4-5-7-13(11)21-2/h4-9H,3,10H2,1-2H3,(H,16,20). The molecule has 0 radical (unpaired) electrons. The highest BCUT2D eigenvalue weighted by atomic mass is 16.5. The number of nitrogens with zero attached hydrogens (tertiary/aromatic N) is 2. The Bertz CT molecular complexity index is 695. The maximum atomic E-state index is 12.2. The van der Waals surface area contributed by atoms with Gasteiger partial charge in [-0.2, -0.15) is 5.10 Å². The highest BCUT2D eigenvalue weighted by Gasteiger charge is 2.12. The molecule has 1 aromatic carbocycles. The smallest absolute Gasteiger partial charge is 0.276 e.